The molecule has 3 aromatic rings. The molecule has 0 bridgehead atoms. The number of hydrogen-bond donors (Lipinski definition) is 9. The number of aromatic carboxylic acids is 6. The van der Waals surface area contributed by atoms with Crippen LogP contribution in [0.1, 0.15) is 62.1 Å². The minimum atomic E-state index is -1.43. The Hall–Kier alpha value is -8.30. The van der Waals surface area contributed by atoms with Crippen molar-refractivity contribution in [1.82, 2.24) is 4.90 Å². The van der Waals surface area contributed by atoms with Gasteiger partial charge in [0.05, 0.1) is 33.4 Å². The van der Waals surface area contributed by atoms with Gasteiger partial charge < -0.3 is 46.6 Å². The van der Waals surface area contributed by atoms with Gasteiger partial charge in [0.25, 0.3) is 0 Å². The lowest BCUT2D eigenvalue weighted by Gasteiger charge is -2.30. The van der Waals surface area contributed by atoms with Gasteiger partial charge in [-0.1, -0.05) is 0 Å². The number of carboxylic acid groups (broad SMARTS) is 6. The van der Waals surface area contributed by atoms with Crippen molar-refractivity contribution in [2.24, 2.45) is 30.0 Å². The maximum Gasteiger partial charge on any atom is 0.335 e. The van der Waals surface area contributed by atoms with Crippen LogP contribution in [0.5, 0.6) is 0 Å². The van der Waals surface area contributed by atoms with Crippen molar-refractivity contribution in [3.63, 3.8) is 0 Å². The van der Waals surface area contributed by atoms with Gasteiger partial charge in [-0.15, -0.1) is 0 Å². The normalized spacial score (nSPS) is 14.2. The maximum atomic E-state index is 11.7. The SMILES string of the molecule is O=C(O)c1cc(NC2=NC3=NC(Nc4cc(C(=O)O)cc(C(=O)O)c4)=NC4=NC(Nc5cc(C(=O)O)cc(C(=O)O)c5)=NC(=N2)N34)cc(C(=O)O)c1. The number of benzene rings is 3. The molecule has 0 aliphatic carbocycles. The maximum absolute atomic E-state index is 11.7. The van der Waals surface area contributed by atoms with E-state index in [1.807, 2.05) is 0 Å². The summed E-state index contributed by atoms with van der Waals surface area (Å²) in [4.78, 5) is 96.8. The molecule has 0 radical (unpaired) electrons. The third kappa shape index (κ3) is 6.95. The van der Waals surface area contributed by atoms with Crippen molar-refractivity contribution < 1.29 is 59.4 Å². The molecule has 0 saturated carbocycles. The molecule has 260 valence electrons. The third-order valence-corrected chi connectivity index (χ3v) is 6.88. The molecular weight excluding hydrogens is 692 g/mol. The van der Waals surface area contributed by atoms with Gasteiger partial charge in [0, 0.05) is 17.1 Å². The van der Waals surface area contributed by atoms with Gasteiger partial charge in [-0.2, -0.15) is 30.0 Å². The first-order valence-electron chi connectivity index (χ1n) is 14.1. The molecule has 3 aliphatic heterocycles. The fourth-order valence-electron chi connectivity index (χ4n) is 4.68. The van der Waals surface area contributed by atoms with E-state index in [2.05, 4.69) is 45.9 Å². The fourth-order valence-corrected chi connectivity index (χ4v) is 4.68. The number of carboxylic acids is 6. The number of rotatable bonds is 9. The molecule has 0 amide bonds. The summed E-state index contributed by atoms with van der Waals surface area (Å²) in [5, 5.41) is 65.0. The zero-order chi connectivity index (χ0) is 37.4. The highest BCUT2D eigenvalue weighted by Crippen LogP contribution is 2.23. The molecule has 0 atom stereocenters. The third-order valence-electron chi connectivity index (χ3n) is 6.88. The van der Waals surface area contributed by atoms with Gasteiger partial charge in [-0.25, -0.2) is 33.7 Å². The lowest BCUT2D eigenvalue weighted by atomic mass is 10.1. The number of guanidine groups is 6. The van der Waals surface area contributed by atoms with Crippen LogP contribution in [0, 0.1) is 0 Å². The predicted molar refractivity (Wildman–Crippen MR) is 178 cm³/mol. The van der Waals surface area contributed by atoms with Crippen molar-refractivity contribution in [2.45, 2.75) is 0 Å². The molecule has 0 fully saturated rings. The first-order chi connectivity index (χ1) is 24.6. The quantitative estimate of drug-likeness (QED) is 0.153. The first kappa shape index (κ1) is 33.6. The van der Waals surface area contributed by atoms with E-state index in [9.17, 15) is 59.4 Å². The molecule has 3 aliphatic rings. The van der Waals surface area contributed by atoms with E-state index < -0.39 is 35.8 Å². The van der Waals surface area contributed by atoms with E-state index in [-0.39, 0.29) is 86.2 Å². The lowest BCUT2D eigenvalue weighted by Crippen LogP contribution is -2.49. The molecule has 0 unspecified atom stereocenters. The Morgan fingerprint density at radius 1 is 0.365 bits per heavy atom. The van der Waals surface area contributed by atoms with Crippen LogP contribution >= 0.6 is 0 Å². The molecule has 3 heterocycles. The summed E-state index contributed by atoms with van der Waals surface area (Å²) in [7, 11) is 0. The zero-order valence-corrected chi connectivity index (χ0v) is 25.5. The number of hydrogen-bond acceptors (Lipinski definition) is 16. The molecule has 0 spiro atoms. The minimum absolute atomic E-state index is 0.0670. The van der Waals surface area contributed by atoms with Gasteiger partial charge >= 0.3 is 35.8 Å². The van der Waals surface area contributed by atoms with Crippen molar-refractivity contribution >= 4 is 88.6 Å². The van der Waals surface area contributed by atoms with Crippen LogP contribution in [0.15, 0.2) is 84.6 Å². The summed E-state index contributed by atoms with van der Waals surface area (Å²) in [6.45, 7) is 0. The summed E-state index contributed by atoms with van der Waals surface area (Å²) in [5.74, 6) is -10.2. The monoisotopic (exact) mass is 710 g/mol. The molecule has 22 heteroatoms. The number of nitrogens with zero attached hydrogens (tertiary/aromatic N) is 7. The van der Waals surface area contributed by atoms with E-state index >= 15 is 0 Å². The Morgan fingerprint density at radius 2 is 0.577 bits per heavy atom. The molecule has 6 rings (SSSR count). The fraction of sp³-hybridized carbons (Fsp3) is 0. The second-order valence-corrected chi connectivity index (χ2v) is 10.5. The number of carbonyl (C=O) groups is 6. The molecule has 9 N–H and O–H groups in total. The standard InChI is InChI=1S/C30H18N10O12/c41-19(42)10-1-11(20(43)44)5-16(4-10)31-25-34-28-36-26(32-17-6-12(21(45)46)2-13(7-17)22(47)48)38-30-39-27(37-29(35-25)40(28)30)33-18-8-14(23(49)50)3-15(9-18)24(51)52/h1-9H,(H,41,42)(H,43,44)(H,45,46)(H,47,48)(H,49,50)(H,51,52)(H3,31,32,33,34,35,36,37,38,39). The number of anilines is 3. The van der Waals surface area contributed by atoms with Gasteiger partial charge in [-0.05, 0) is 54.6 Å². The van der Waals surface area contributed by atoms with Crippen molar-refractivity contribution in [3.8, 4) is 0 Å². The molecular formula is C30H18N10O12. The Bertz CT molecular complexity index is 2020. The number of aliphatic imine (C=N–C) groups is 6. The zero-order valence-electron chi connectivity index (χ0n) is 25.5. The summed E-state index contributed by atoms with van der Waals surface area (Å²) in [6.07, 6.45) is 0. The average Bonchev–Trinajstić information content (AvgIpc) is 3.07. The van der Waals surface area contributed by atoms with Crippen molar-refractivity contribution in [1.29, 1.82) is 0 Å². The number of nitrogens with one attached hydrogen (secondary N) is 3. The highest BCUT2D eigenvalue weighted by molar-refractivity contribution is 6.32. The van der Waals surface area contributed by atoms with E-state index in [4.69, 9.17) is 0 Å². The summed E-state index contributed by atoms with van der Waals surface area (Å²) in [6, 6.07) is 9.44. The molecule has 22 nitrogen and oxygen atoms in total. The van der Waals surface area contributed by atoms with Crippen molar-refractivity contribution in [3.05, 3.63) is 88.0 Å². The molecule has 52 heavy (non-hydrogen) atoms. The Kier molecular flexibility index (Phi) is 8.37. The van der Waals surface area contributed by atoms with Crippen molar-refractivity contribution in [2.75, 3.05) is 16.0 Å². The highest BCUT2D eigenvalue weighted by atomic mass is 16.4. The van der Waals surface area contributed by atoms with Crippen LogP contribution in [-0.4, -0.2) is 107 Å². The molecule has 0 aromatic heterocycles. The summed E-state index contributed by atoms with van der Waals surface area (Å²) in [5.41, 5.74) is -2.50. The van der Waals surface area contributed by atoms with Crippen LogP contribution in [0.25, 0.3) is 0 Å². The summed E-state index contributed by atoms with van der Waals surface area (Å²) < 4.78 is 0. The predicted octanol–water partition coefficient (Wildman–Crippen LogP) is 1.99. The van der Waals surface area contributed by atoms with E-state index in [1.54, 1.807) is 0 Å². The average molecular weight is 711 g/mol. The molecule has 0 saturated heterocycles. The topological polar surface area (TPSA) is 337 Å². The minimum Gasteiger partial charge on any atom is -0.478 e. The Labute approximate surface area is 286 Å². The molecule has 3 aromatic carbocycles. The van der Waals surface area contributed by atoms with E-state index in [0.717, 1.165) is 59.5 Å². The second-order valence-electron chi connectivity index (χ2n) is 10.5. The highest BCUT2D eigenvalue weighted by Gasteiger charge is 2.35. The Balaban J connectivity index is 1.45. The smallest absolute Gasteiger partial charge is 0.335 e. The largest absolute Gasteiger partial charge is 0.478 e. The van der Waals surface area contributed by atoms with Crippen LogP contribution < -0.4 is 16.0 Å². The van der Waals surface area contributed by atoms with Gasteiger partial charge in [0.15, 0.2) is 0 Å². The summed E-state index contributed by atoms with van der Waals surface area (Å²) >= 11 is 0. The van der Waals surface area contributed by atoms with E-state index in [1.165, 1.54) is 0 Å². The van der Waals surface area contributed by atoms with Crippen LogP contribution in [-0.2, 0) is 0 Å². The second kappa shape index (κ2) is 13.0. The Morgan fingerprint density at radius 3 is 0.769 bits per heavy atom. The van der Waals surface area contributed by atoms with Gasteiger partial charge in [0.1, 0.15) is 0 Å². The van der Waals surface area contributed by atoms with Gasteiger partial charge in [-0.3, -0.25) is 0 Å². The van der Waals surface area contributed by atoms with E-state index in [0.29, 0.717) is 0 Å². The van der Waals surface area contributed by atoms with Crippen LogP contribution in [0.2, 0.25) is 0 Å². The van der Waals surface area contributed by atoms with Gasteiger partial charge in [0.2, 0.25) is 35.8 Å². The van der Waals surface area contributed by atoms with Crippen LogP contribution in [0.4, 0.5) is 17.1 Å². The first-order valence-corrected chi connectivity index (χ1v) is 14.1. The lowest BCUT2D eigenvalue weighted by molar-refractivity contribution is 0.0676. The van der Waals surface area contributed by atoms with Crippen LogP contribution in [0.3, 0.4) is 0 Å².